The third-order valence-electron chi connectivity index (χ3n) is 2.46. The zero-order valence-electron chi connectivity index (χ0n) is 9.58. The van der Waals surface area contributed by atoms with Crippen molar-refractivity contribution in [2.75, 3.05) is 0 Å². The van der Waals surface area contributed by atoms with E-state index in [-0.39, 0.29) is 11.4 Å². The van der Waals surface area contributed by atoms with Crippen LogP contribution in [0.25, 0.3) is 11.2 Å². The zero-order chi connectivity index (χ0) is 12.8. The van der Waals surface area contributed by atoms with Gasteiger partial charge < -0.3 is 4.57 Å². The summed E-state index contributed by atoms with van der Waals surface area (Å²) in [7, 11) is 1.71. The minimum absolute atomic E-state index is 0.114. The number of aryl methyl sites for hydroxylation is 1. The van der Waals surface area contributed by atoms with Gasteiger partial charge in [0.25, 0.3) is 0 Å². The Morgan fingerprint density at radius 3 is 2.41 bits per heavy atom. The van der Waals surface area contributed by atoms with E-state index >= 15 is 0 Å². The van der Waals surface area contributed by atoms with Crippen molar-refractivity contribution in [2.45, 2.75) is 25.9 Å². The Hall–Kier alpha value is -1.66. The van der Waals surface area contributed by atoms with Crippen molar-refractivity contribution >= 4 is 11.2 Å². The third kappa shape index (κ3) is 1.96. The molecule has 0 radical (unpaired) electrons. The molecule has 4 nitrogen and oxygen atoms in total. The van der Waals surface area contributed by atoms with Gasteiger partial charge in [0, 0.05) is 19.0 Å². The number of halogens is 3. The maximum atomic E-state index is 12.4. The number of hydrogen-bond acceptors (Lipinski definition) is 3. The number of imidazole rings is 1. The van der Waals surface area contributed by atoms with Crippen LogP contribution in [0.15, 0.2) is 6.07 Å². The Balaban J connectivity index is 2.64. The number of nitrogens with zero attached hydrogens (tertiary/aromatic N) is 4. The van der Waals surface area contributed by atoms with Crippen LogP contribution in [0.1, 0.15) is 31.3 Å². The van der Waals surface area contributed by atoms with E-state index in [1.807, 2.05) is 13.8 Å². The molecule has 2 aromatic rings. The molecule has 0 bridgehead atoms. The maximum Gasteiger partial charge on any atom is 0.435 e. The molecule has 0 unspecified atom stereocenters. The average molecular weight is 244 g/mol. The highest BCUT2D eigenvalue weighted by atomic mass is 19.4. The molecule has 92 valence electrons. The average Bonchev–Trinajstić information content (AvgIpc) is 2.54. The second-order valence-corrected chi connectivity index (χ2v) is 4.12. The molecule has 0 amide bonds. The first kappa shape index (κ1) is 11.8. The van der Waals surface area contributed by atoms with E-state index in [1.165, 1.54) is 0 Å². The lowest BCUT2D eigenvalue weighted by atomic mass is 10.2. The number of rotatable bonds is 1. The van der Waals surface area contributed by atoms with Crippen LogP contribution in [0.5, 0.6) is 0 Å². The molecule has 0 aliphatic carbocycles. The fourth-order valence-corrected chi connectivity index (χ4v) is 1.66. The quantitative estimate of drug-likeness (QED) is 0.774. The van der Waals surface area contributed by atoms with Gasteiger partial charge in [0.05, 0.1) is 0 Å². The van der Waals surface area contributed by atoms with Crippen molar-refractivity contribution in [3.05, 3.63) is 17.6 Å². The molecule has 0 saturated carbocycles. The zero-order valence-corrected chi connectivity index (χ0v) is 9.58. The van der Waals surface area contributed by atoms with E-state index in [9.17, 15) is 13.2 Å². The summed E-state index contributed by atoms with van der Waals surface area (Å²) < 4.78 is 39.0. The summed E-state index contributed by atoms with van der Waals surface area (Å²) in [6.07, 6.45) is -4.49. The van der Waals surface area contributed by atoms with Crippen molar-refractivity contribution in [2.24, 2.45) is 7.05 Å². The van der Waals surface area contributed by atoms with E-state index in [1.54, 1.807) is 11.6 Å². The number of alkyl halides is 3. The molecular weight excluding hydrogens is 233 g/mol. The standard InChI is InChI=1S/C10H11F3N4/c1-5(2)8-14-6-4-7(10(11,12)13)15-16-9(6)17(8)3/h4-5H,1-3H3. The van der Waals surface area contributed by atoms with E-state index < -0.39 is 11.9 Å². The van der Waals surface area contributed by atoms with Crippen LogP contribution in [0.4, 0.5) is 13.2 Å². The van der Waals surface area contributed by atoms with Gasteiger partial charge in [0.2, 0.25) is 0 Å². The minimum atomic E-state index is -4.49. The lowest BCUT2D eigenvalue weighted by molar-refractivity contribution is -0.141. The van der Waals surface area contributed by atoms with E-state index in [0.29, 0.717) is 11.5 Å². The Morgan fingerprint density at radius 2 is 1.88 bits per heavy atom. The first-order valence-corrected chi connectivity index (χ1v) is 5.08. The predicted molar refractivity (Wildman–Crippen MR) is 55.4 cm³/mol. The second-order valence-electron chi connectivity index (χ2n) is 4.12. The third-order valence-corrected chi connectivity index (χ3v) is 2.46. The van der Waals surface area contributed by atoms with Gasteiger partial charge in [0.1, 0.15) is 11.3 Å². The fraction of sp³-hybridized carbons (Fsp3) is 0.500. The molecule has 0 saturated heterocycles. The first-order chi connectivity index (χ1) is 7.80. The molecule has 0 aromatic carbocycles. The smallest absolute Gasteiger partial charge is 0.314 e. The summed E-state index contributed by atoms with van der Waals surface area (Å²) in [4.78, 5) is 4.15. The summed E-state index contributed by atoms with van der Waals surface area (Å²) in [5, 5.41) is 6.76. The summed E-state index contributed by atoms with van der Waals surface area (Å²) in [5.74, 6) is 0.803. The van der Waals surface area contributed by atoms with E-state index in [0.717, 1.165) is 6.07 Å². The molecule has 2 rings (SSSR count). The van der Waals surface area contributed by atoms with E-state index in [4.69, 9.17) is 0 Å². The first-order valence-electron chi connectivity index (χ1n) is 5.08. The molecular formula is C10H11F3N4. The molecule has 0 N–H and O–H groups in total. The van der Waals surface area contributed by atoms with Crippen molar-refractivity contribution < 1.29 is 13.2 Å². The van der Waals surface area contributed by atoms with Crippen LogP contribution in [0, 0.1) is 0 Å². The van der Waals surface area contributed by atoms with Crippen molar-refractivity contribution in [3.8, 4) is 0 Å². The topological polar surface area (TPSA) is 43.6 Å². The minimum Gasteiger partial charge on any atom is -0.314 e. The molecule has 0 spiro atoms. The molecule has 0 aliphatic rings. The largest absolute Gasteiger partial charge is 0.435 e. The second kappa shape index (κ2) is 3.68. The van der Waals surface area contributed by atoms with Gasteiger partial charge in [-0.1, -0.05) is 13.8 Å². The van der Waals surface area contributed by atoms with Crippen LogP contribution in [-0.4, -0.2) is 19.7 Å². The molecule has 0 aliphatic heterocycles. The maximum absolute atomic E-state index is 12.4. The molecule has 7 heteroatoms. The van der Waals surface area contributed by atoms with Crippen molar-refractivity contribution in [1.29, 1.82) is 0 Å². The number of aromatic nitrogens is 4. The predicted octanol–water partition coefficient (Wildman–Crippen LogP) is 2.51. The summed E-state index contributed by atoms with van der Waals surface area (Å²) in [6, 6.07) is 0.925. The van der Waals surface area contributed by atoms with Crippen molar-refractivity contribution in [3.63, 3.8) is 0 Å². The lowest BCUT2D eigenvalue weighted by Crippen LogP contribution is -2.09. The summed E-state index contributed by atoms with van der Waals surface area (Å²) >= 11 is 0. The van der Waals surface area contributed by atoms with Crippen LogP contribution >= 0.6 is 0 Å². The van der Waals surface area contributed by atoms with Gasteiger partial charge in [-0.3, -0.25) is 0 Å². The summed E-state index contributed by atoms with van der Waals surface area (Å²) in [6.45, 7) is 3.83. The molecule has 0 fully saturated rings. The van der Waals surface area contributed by atoms with Crippen LogP contribution in [-0.2, 0) is 13.2 Å². The number of fused-ring (bicyclic) bond motifs is 1. The monoisotopic (exact) mass is 244 g/mol. The van der Waals surface area contributed by atoms with Crippen molar-refractivity contribution in [1.82, 2.24) is 19.7 Å². The Labute approximate surface area is 95.5 Å². The Kier molecular flexibility index (Phi) is 2.56. The SMILES string of the molecule is CC(C)c1nc2cc(C(F)(F)F)nnc2n1C. The van der Waals surface area contributed by atoms with E-state index in [2.05, 4.69) is 15.2 Å². The van der Waals surface area contributed by atoms with Gasteiger partial charge in [-0.05, 0) is 0 Å². The number of hydrogen-bond donors (Lipinski definition) is 0. The summed E-state index contributed by atoms with van der Waals surface area (Å²) in [5.41, 5.74) is -0.432. The Morgan fingerprint density at radius 1 is 1.24 bits per heavy atom. The molecule has 0 atom stereocenters. The highest BCUT2D eigenvalue weighted by Crippen LogP contribution is 2.29. The normalized spacial score (nSPS) is 12.6. The van der Waals surface area contributed by atoms with Crippen LogP contribution in [0.3, 0.4) is 0 Å². The fourth-order valence-electron chi connectivity index (χ4n) is 1.66. The van der Waals surface area contributed by atoms with Gasteiger partial charge >= 0.3 is 6.18 Å². The highest BCUT2D eigenvalue weighted by molar-refractivity contribution is 5.71. The van der Waals surface area contributed by atoms with Crippen LogP contribution in [0.2, 0.25) is 0 Å². The molecule has 2 aromatic heterocycles. The van der Waals surface area contributed by atoms with Gasteiger partial charge in [-0.15, -0.1) is 10.2 Å². The molecule has 17 heavy (non-hydrogen) atoms. The molecule has 2 heterocycles. The van der Waals surface area contributed by atoms with Gasteiger partial charge in [-0.2, -0.15) is 13.2 Å². The lowest BCUT2D eigenvalue weighted by Gasteiger charge is -2.04. The van der Waals surface area contributed by atoms with Gasteiger partial charge in [0.15, 0.2) is 11.3 Å². The highest BCUT2D eigenvalue weighted by Gasteiger charge is 2.34. The Bertz CT molecular complexity index is 556. The van der Waals surface area contributed by atoms with Crippen LogP contribution < -0.4 is 0 Å². The van der Waals surface area contributed by atoms with Gasteiger partial charge in [-0.25, -0.2) is 4.98 Å².